The van der Waals surface area contributed by atoms with Crippen molar-refractivity contribution in [1.29, 1.82) is 0 Å². The van der Waals surface area contributed by atoms with Crippen LogP contribution in [0.4, 0.5) is 0 Å². The number of aromatic nitrogens is 2. The molecule has 0 amide bonds. The van der Waals surface area contributed by atoms with Gasteiger partial charge in [-0.1, -0.05) is 12.1 Å². The largest absolute Gasteiger partial charge is 0.290 e. The van der Waals surface area contributed by atoms with Crippen molar-refractivity contribution in [2.75, 3.05) is 0 Å². The fraction of sp³-hybridized carbons (Fsp3) is 0.250. The number of aryl methyl sites for hydroxylation is 1. The average Bonchev–Trinajstić information content (AvgIpc) is 2.87. The maximum absolute atomic E-state index is 12.8. The van der Waals surface area contributed by atoms with Gasteiger partial charge in [0.1, 0.15) is 5.82 Å². The fourth-order valence-corrected chi connectivity index (χ4v) is 3.41. The Hall–Kier alpha value is -1.65. The van der Waals surface area contributed by atoms with Crippen molar-refractivity contribution in [3.8, 4) is 0 Å². The summed E-state index contributed by atoms with van der Waals surface area (Å²) in [6.45, 7) is 4.41. The molecule has 1 aromatic carbocycles. The second-order valence-electron chi connectivity index (χ2n) is 5.02. The molecule has 21 heavy (non-hydrogen) atoms. The summed E-state index contributed by atoms with van der Waals surface area (Å²) in [6, 6.07) is 9.45. The molecule has 0 aliphatic rings. The molecule has 0 bridgehead atoms. The van der Waals surface area contributed by atoms with Crippen LogP contribution < -0.4 is 5.56 Å². The third-order valence-corrected chi connectivity index (χ3v) is 4.72. The van der Waals surface area contributed by atoms with E-state index in [2.05, 4.69) is 18.0 Å². The molecule has 1 unspecified atom stereocenters. The highest BCUT2D eigenvalue weighted by Crippen LogP contribution is 2.22. The van der Waals surface area contributed by atoms with Crippen molar-refractivity contribution < 1.29 is 0 Å². The molecule has 0 N–H and O–H groups in total. The summed E-state index contributed by atoms with van der Waals surface area (Å²) in [7, 11) is 0. The Morgan fingerprint density at radius 1 is 1.33 bits per heavy atom. The number of nitrogens with zero attached hydrogens (tertiary/aromatic N) is 2. The van der Waals surface area contributed by atoms with E-state index in [-0.39, 0.29) is 10.9 Å². The van der Waals surface area contributed by atoms with E-state index in [1.165, 1.54) is 5.56 Å². The van der Waals surface area contributed by atoms with E-state index >= 15 is 0 Å². The Kier molecular flexibility index (Phi) is 3.83. The minimum atomic E-state index is -0.317. The summed E-state index contributed by atoms with van der Waals surface area (Å²) >= 11 is 7.89. The normalized spacial score (nSPS) is 12.7. The molecule has 3 rings (SSSR count). The smallest absolute Gasteiger partial charge is 0.261 e. The van der Waals surface area contributed by atoms with E-state index in [1.54, 1.807) is 15.9 Å². The molecule has 0 fully saturated rings. The standard InChI is InChI=1S/C16H15ClN2OS/c1-10-7-8-21-14(10)9-19-15(11(2)17)18-13-6-4-3-5-12(13)16(19)20/h3-8,11H,9H2,1-2H3. The highest BCUT2D eigenvalue weighted by Gasteiger charge is 2.16. The van der Waals surface area contributed by atoms with Gasteiger partial charge in [0, 0.05) is 4.88 Å². The first-order chi connectivity index (χ1) is 10.1. The number of thiophene rings is 1. The van der Waals surface area contributed by atoms with Gasteiger partial charge in [-0.2, -0.15) is 0 Å². The Morgan fingerprint density at radius 2 is 2.10 bits per heavy atom. The average molecular weight is 319 g/mol. The highest BCUT2D eigenvalue weighted by molar-refractivity contribution is 7.10. The molecule has 0 saturated carbocycles. The third-order valence-electron chi connectivity index (χ3n) is 3.52. The zero-order valence-electron chi connectivity index (χ0n) is 11.8. The lowest BCUT2D eigenvalue weighted by molar-refractivity contribution is 0.683. The van der Waals surface area contributed by atoms with Crippen LogP contribution in [-0.2, 0) is 6.54 Å². The summed E-state index contributed by atoms with van der Waals surface area (Å²) in [6.07, 6.45) is 0. The van der Waals surface area contributed by atoms with Gasteiger partial charge in [0.25, 0.3) is 5.56 Å². The molecule has 0 aliphatic heterocycles. The second-order valence-corrected chi connectivity index (χ2v) is 6.68. The molecule has 0 saturated heterocycles. The molecular formula is C16H15ClN2OS. The third kappa shape index (κ3) is 2.61. The predicted molar refractivity (Wildman–Crippen MR) is 88.4 cm³/mol. The Bertz CT molecular complexity index is 851. The van der Waals surface area contributed by atoms with Crippen LogP contribution in [-0.4, -0.2) is 9.55 Å². The topological polar surface area (TPSA) is 34.9 Å². The molecule has 3 nitrogen and oxygen atoms in total. The van der Waals surface area contributed by atoms with Gasteiger partial charge in [-0.15, -0.1) is 22.9 Å². The quantitative estimate of drug-likeness (QED) is 0.681. The number of hydrogen-bond acceptors (Lipinski definition) is 3. The highest BCUT2D eigenvalue weighted by atomic mass is 35.5. The zero-order chi connectivity index (χ0) is 15.0. The first kappa shape index (κ1) is 14.3. The van der Waals surface area contributed by atoms with Gasteiger partial charge in [-0.25, -0.2) is 4.98 Å². The molecule has 2 aromatic heterocycles. The lowest BCUT2D eigenvalue weighted by Gasteiger charge is -2.14. The Balaban J connectivity index is 2.24. The van der Waals surface area contributed by atoms with E-state index in [1.807, 2.05) is 36.6 Å². The van der Waals surface area contributed by atoms with Gasteiger partial charge in [-0.05, 0) is 43.0 Å². The van der Waals surface area contributed by atoms with Gasteiger partial charge in [0.05, 0.1) is 22.8 Å². The molecular weight excluding hydrogens is 304 g/mol. The van der Waals surface area contributed by atoms with E-state index in [0.29, 0.717) is 23.3 Å². The van der Waals surface area contributed by atoms with Crippen LogP contribution in [0.2, 0.25) is 0 Å². The SMILES string of the molecule is Cc1ccsc1Cn1c(C(C)Cl)nc2ccccc2c1=O. The summed E-state index contributed by atoms with van der Waals surface area (Å²) < 4.78 is 1.69. The van der Waals surface area contributed by atoms with Gasteiger partial charge in [-0.3, -0.25) is 9.36 Å². The van der Waals surface area contributed by atoms with E-state index in [9.17, 15) is 4.79 Å². The molecule has 108 valence electrons. The van der Waals surface area contributed by atoms with Crippen LogP contribution in [0.25, 0.3) is 10.9 Å². The first-order valence-corrected chi connectivity index (χ1v) is 8.06. The minimum Gasteiger partial charge on any atom is -0.290 e. The summed E-state index contributed by atoms with van der Waals surface area (Å²) in [5, 5.41) is 2.35. The van der Waals surface area contributed by atoms with Crippen molar-refractivity contribution in [2.45, 2.75) is 25.8 Å². The molecule has 2 heterocycles. The maximum Gasteiger partial charge on any atom is 0.261 e. The molecule has 1 atom stereocenters. The Morgan fingerprint density at radius 3 is 2.76 bits per heavy atom. The van der Waals surface area contributed by atoms with Crippen LogP contribution in [0.5, 0.6) is 0 Å². The number of fused-ring (bicyclic) bond motifs is 1. The molecule has 0 aliphatic carbocycles. The molecule has 5 heteroatoms. The van der Waals surface area contributed by atoms with Gasteiger partial charge >= 0.3 is 0 Å². The lowest BCUT2D eigenvalue weighted by Crippen LogP contribution is -2.26. The maximum atomic E-state index is 12.8. The zero-order valence-corrected chi connectivity index (χ0v) is 13.4. The summed E-state index contributed by atoms with van der Waals surface area (Å²) in [4.78, 5) is 18.5. The van der Waals surface area contributed by atoms with Crippen LogP contribution in [0, 0.1) is 6.92 Å². The fourth-order valence-electron chi connectivity index (χ4n) is 2.35. The van der Waals surface area contributed by atoms with Crippen molar-refractivity contribution in [2.24, 2.45) is 0 Å². The second kappa shape index (κ2) is 5.62. The number of halogens is 1. The van der Waals surface area contributed by atoms with Crippen molar-refractivity contribution >= 4 is 33.8 Å². The number of alkyl halides is 1. The number of benzene rings is 1. The van der Waals surface area contributed by atoms with Crippen molar-refractivity contribution in [1.82, 2.24) is 9.55 Å². The van der Waals surface area contributed by atoms with Crippen LogP contribution in [0.15, 0.2) is 40.5 Å². The number of rotatable bonds is 3. The lowest BCUT2D eigenvalue weighted by atomic mass is 10.2. The summed E-state index contributed by atoms with van der Waals surface area (Å²) in [5.74, 6) is 0.619. The molecule has 0 spiro atoms. The minimum absolute atomic E-state index is 0.0316. The van der Waals surface area contributed by atoms with Crippen molar-refractivity contribution in [3.63, 3.8) is 0 Å². The molecule has 3 aromatic rings. The monoisotopic (exact) mass is 318 g/mol. The van der Waals surface area contributed by atoms with Crippen molar-refractivity contribution in [3.05, 3.63) is 62.3 Å². The van der Waals surface area contributed by atoms with Crippen LogP contribution in [0.3, 0.4) is 0 Å². The summed E-state index contributed by atoms with van der Waals surface area (Å²) in [5.41, 5.74) is 1.85. The van der Waals surface area contributed by atoms with Crippen LogP contribution in [0.1, 0.15) is 28.6 Å². The number of para-hydroxylation sites is 1. The van der Waals surface area contributed by atoms with Crippen LogP contribution >= 0.6 is 22.9 Å². The molecule has 0 radical (unpaired) electrons. The van der Waals surface area contributed by atoms with Gasteiger partial charge < -0.3 is 0 Å². The first-order valence-electron chi connectivity index (χ1n) is 6.74. The van der Waals surface area contributed by atoms with Gasteiger partial charge in [0.15, 0.2) is 0 Å². The number of hydrogen-bond donors (Lipinski definition) is 0. The predicted octanol–water partition coefficient (Wildman–Crippen LogP) is 4.11. The van der Waals surface area contributed by atoms with E-state index in [0.717, 1.165) is 4.88 Å². The van der Waals surface area contributed by atoms with Gasteiger partial charge in [0.2, 0.25) is 0 Å². The van der Waals surface area contributed by atoms with E-state index < -0.39 is 0 Å². The van der Waals surface area contributed by atoms with E-state index in [4.69, 9.17) is 11.6 Å². The Labute approximate surface area is 131 Å².